The molecule has 11 nitrogen and oxygen atoms in total. The van der Waals surface area contributed by atoms with Crippen molar-refractivity contribution in [2.75, 3.05) is 56.5 Å². The molecule has 2 saturated heterocycles. The van der Waals surface area contributed by atoms with Gasteiger partial charge in [0.1, 0.15) is 0 Å². The van der Waals surface area contributed by atoms with Crippen LogP contribution in [0.1, 0.15) is 52.6 Å². The van der Waals surface area contributed by atoms with Crippen molar-refractivity contribution in [3.8, 4) is 0 Å². The maximum absolute atomic E-state index is 12.2. The number of carbonyl (C=O) groups is 2. The van der Waals surface area contributed by atoms with Gasteiger partial charge in [-0.2, -0.15) is 0 Å². The molecule has 1 aromatic carbocycles. The molecular formula is C26H35Cl2N7O4. The zero-order chi connectivity index (χ0) is 28.1. The Morgan fingerprint density at radius 2 is 1.90 bits per heavy atom. The number of aromatic carboxylic acids is 1. The highest BCUT2D eigenvalue weighted by molar-refractivity contribution is 6.32. The lowest BCUT2D eigenvalue weighted by molar-refractivity contribution is 0.0602. The lowest BCUT2D eigenvalue weighted by Gasteiger charge is -2.47. The molecule has 39 heavy (non-hydrogen) atoms. The molecule has 1 aromatic heterocycles. The molecule has 2 aliphatic rings. The molecule has 13 heteroatoms. The zero-order valence-electron chi connectivity index (χ0n) is 21.9. The van der Waals surface area contributed by atoms with E-state index in [1.54, 1.807) is 12.1 Å². The number of nitrogen functional groups attached to an aromatic ring is 1. The molecule has 2 aliphatic heterocycles. The number of amides is 1. The number of nitrogens with two attached hydrogens (primary N) is 1. The summed E-state index contributed by atoms with van der Waals surface area (Å²) in [6, 6.07) is 5.78. The number of anilines is 2. The molecule has 3 heterocycles. The summed E-state index contributed by atoms with van der Waals surface area (Å²) in [6.07, 6.45) is 2.95. The van der Waals surface area contributed by atoms with E-state index in [2.05, 4.69) is 36.9 Å². The highest BCUT2D eigenvalue weighted by Gasteiger charge is 2.34. The molecule has 1 amide bonds. The Hall–Kier alpha value is -2.70. The van der Waals surface area contributed by atoms with E-state index >= 15 is 0 Å². The quantitative estimate of drug-likeness (QED) is 0.348. The molecule has 212 valence electrons. The first-order chi connectivity index (χ1) is 18.7. The van der Waals surface area contributed by atoms with Gasteiger partial charge in [-0.15, -0.1) is 0 Å². The highest BCUT2D eigenvalue weighted by atomic mass is 35.5. The fraction of sp³-hybridized carbons (Fsp3) is 0.538. The molecule has 0 bridgehead atoms. The third-order valence-electron chi connectivity index (χ3n) is 7.50. The number of rotatable bonds is 9. The van der Waals surface area contributed by atoms with Crippen LogP contribution in [0.4, 0.5) is 11.6 Å². The molecule has 1 atom stereocenters. The van der Waals surface area contributed by atoms with E-state index < -0.39 is 11.9 Å². The molecule has 0 unspecified atom stereocenters. The zero-order valence-corrected chi connectivity index (χ0v) is 23.5. The van der Waals surface area contributed by atoms with E-state index in [-0.39, 0.29) is 41.4 Å². The summed E-state index contributed by atoms with van der Waals surface area (Å²) >= 11 is 12.5. The van der Waals surface area contributed by atoms with Gasteiger partial charge in [-0.1, -0.05) is 36.2 Å². The molecule has 2 fully saturated rings. The van der Waals surface area contributed by atoms with Crippen LogP contribution in [0.2, 0.25) is 10.2 Å². The van der Waals surface area contributed by atoms with Crippen molar-refractivity contribution in [3.05, 3.63) is 45.2 Å². The third-order valence-corrected chi connectivity index (χ3v) is 7.99. The Kier molecular flexibility index (Phi) is 9.84. The second kappa shape index (κ2) is 13.1. The monoisotopic (exact) mass is 579 g/mol. The van der Waals surface area contributed by atoms with Crippen molar-refractivity contribution in [3.63, 3.8) is 0 Å². The van der Waals surface area contributed by atoms with Crippen LogP contribution in [0, 0.1) is 0 Å². The van der Waals surface area contributed by atoms with Crippen LogP contribution in [0.15, 0.2) is 18.2 Å². The van der Waals surface area contributed by atoms with Crippen molar-refractivity contribution >= 4 is 46.7 Å². The van der Waals surface area contributed by atoms with Crippen LogP contribution < -0.4 is 16.0 Å². The number of carboxylic acid groups (broad SMARTS) is 1. The van der Waals surface area contributed by atoms with Crippen LogP contribution in [-0.2, 0) is 6.54 Å². The van der Waals surface area contributed by atoms with E-state index in [0.717, 1.165) is 44.5 Å². The van der Waals surface area contributed by atoms with Gasteiger partial charge in [-0.05, 0) is 50.0 Å². The van der Waals surface area contributed by atoms with E-state index in [9.17, 15) is 14.7 Å². The number of nitrogens with zero attached hydrogens (tertiary/aromatic N) is 5. The largest absolute Gasteiger partial charge is 0.478 e. The van der Waals surface area contributed by atoms with Crippen molar-refractivity contribution in [1.29, 1.82) is 0 Å². The number of benzene rings is 1. The van der Waals surface area contributed by atoms with Crippen molar-refractivity contribution < 1.29 is 19.8 Å². The Morgan fingerprint density at radius 3 is 2.56 bits per heavy atom. The van der Waals surface area contributed by atoms with E-state index in [4.69, 9.17) is 34.0 Å². The van der Waals surface area contributed by atoms with E-state index in [1.165, 1.54) is 6.07 Å². The van der Waals surface area contributed by atoms with Gasteiger partial charge in [0.25, 0.3) is 5.91 Å². The van der Waals surface area contributed by atoms with Gasteiger partial charge in [-0.3, -0.25) is 14.6 Å². The Balaban J connectivity index is 1.37. The fourth-order valence-electron chi connectivity index (χ4n) is 5.48. The van der Waals surface area contributed by atoms with Gasteiger partial charge in [-0.25, -0.2) is 14.8 Å². The van der Waals surface area contributed by atoms with Gasteiger partial charge in [0.15, 0.2) is 22.5 Å². The second-order valence-corrected chi connectivity index (χ2v) is 10.7. The summed E-state index contributed by atoms with van der Waals surface area (Å²) in [4.78, 5) is 39.5. The standard InChI is InChI=1S/C26H35Cl2N7O4/c1-2-18-15-34(24-22(28)31-21(23(29)32-24)25(37)30-7-12-36)10-11-35(18)19-5-8-33(9-6-19)14-16-3-4-17(27)13-20(16)26(38)39/h3-4,13,18-19,36H,2,5-12,14-15H2,1H3,(H2,29,32)(H,30,37)(H,38,39)/t18-/m0/s1. The van der Waals surface area contributed by atoms with Gasteiger partial charge < -0.3 is 26.2 Å². The summed E-state index contributed by atoms with van der Waals surface area (Å²) < 4.78 is 0. The number of hydrogen-bond donors (Lipinski definition) is 4. The maximum Gasteiger partial charge on any atom is 0.336 e. The molecule has 4 rings (SSSR count). The molecule has 0 spiro atoms. The number of carbonyl (C=O) groups excluding carboxylic acids is 1. The predicted octanol–water partition coefficient (Wildman–Crippen LogP) is 2.35. The van der Waals surface area contributed by atoms with Crippen LogP contribution in [0.5, 0.6) is 0 Å². The van der Waals surface area contributed by atoms with Gasteiger partial charge in [0.2, 0.25) is 0 Å². The summed E-state index contributed by atoms with van der Waals surface area (Å²) in [5.41, 5.74) is 7.03. The number of aromatic nitrogens is 2. The minimum Gasteiger partial charge on any atom is -0.478 e. The van der Waals surface area contributed by atoms with E-state index in [1.807, 2.05) is 0 Å². The average Bonchev–Trinajstić information content (AvgIpc) is 2.93. The Bertz CT molecular complexity index is 1190. The predicted molar refractivity (Wildman–Crippen MR) is 151 cm³/mol. The first-order valence-corrected chi connectivity index (χ1v) is 13.9. The second-order valence-electron chi connectivity index (χ2n) is 9.91. The number of piperazine rings is 1. The third kappa shape index (κ3) is 6.90. The average molecular weight is 581 g/mol. The van der Waals surface area contributed by atoms with Crippen LogP contribution >= 0.6 is 23.2 Å². The minimum atomic E-state index is -0.961. The molecular weight excluding hydrogens is 545 g/mol. The maximum atomic E-state index is 12.2. The lowest BCUT2D eigenvalue weighted by atomic mass is 9.97. The Morgan fingerprint density at radius 1 is 1.15 bits per heavy atom. The summed E-state index contributed by atoms with van der Waals surface area (Å²) in [5.74, 6) is -1.02. The van der Waals surface area contributed by atoms with Crippen molar-refractivity contribution in [2.24, 2.45) is 0 Å². The van der Waals surface area contributed by atoms with Gasteiger partial charge in [0.05, 0.1) is 12.2 Å². The first-order valence-electron chi connectivity index (χ1n) is 13.2. The smallest absolute Gasteiger partial charge is 0.336 e. The van der Waals surface area contributed by atoms with Crippen molar-refractivity contribution in [1.82, 2.24) is 25.1 Å². The summed E-state index contributed by atoms with van der Waals surface area (Å²) in [6.45, 7) is 6.67. The van der Waals surface area contributed by atoms with E-state index in [0.29, 0.717) is 36.5 Å². The van der Waals surface area contributed by atoms with Crippen LogP contribution in [-0.4, -0.2) is 99.8 Å². The minimum absolute atomic E-state index is 0.000525. The summed E-state index contributed by atoms with van der Waals surface area (Å²) in [5, 5.41) is 21.5. The molecule has 0 radical (unpaired) electrons. The number of nitrogens with one attached hydrogen (secondary N) is 1. The number of likely N-dealkylation sites (tertiary alicyclic amines) is 1. The summed E-state index contributed by atoms with van der Waals surface area (Å²) in [7, 11) is 0. The fourth-order valence-corrected chi connectivity index (χ4v) is 5.90. The number of hydrogen-bond acceptors (Lipinski definition) is 9. The molecule has 0 saturated carbocycles. The highest BCUT2D eigenvalue weighted by Crippen LogP contribution is 2.30. The van der Waals surface area contributed by atoms with Gasteiger partial charge >= 0.3 is 5.97 Å². The number of piperidine rings is 1. The number of carboxylic acids is 1. The van der Waals surface area contributed by atoms with Crippen LogP contribution in [0.3, 0.4) is 0 Å². The number of aliphatic hydroxyl groups excluding tert-OH is 1. The molecule has 2 aromatic rings. The first kappa shape index (κ1) is 29.3. The normalized spacial score (nSPS) is 19.3. The number of aliphatic hydroxyl groups is 1. The Labute approximate surface area is 237 Å². The van der Waals surface area contributed by atoms with Crippen LogP contribution in [0.25, 0.3) is 0 Å². The topological polar surface area (TPSA) is 148 Å². The van der Waals surface area contributed by atoms with Gasteiger partial charge in [0, 0.05) is 49.8 Å². The van der Waals surface area contributed by atoms with Crippen molar-refractivity contribution in [2.45, 2.75) is 44.8 Å². The molecule has 5 N–H and O–H groups in total. The number of halogens is 2. The lowest BCUT2D eigenvalue weighted by Crippen LogP contribution is -2.58. The molecule has 0 aliphatic carbocycles. The SMILES string of the molecule is CC[C@H]1CN(c2nc(N)c(C(=O)NCCO)nc2Cl)CCN1C1CCN(Cc2ccc(Cl)cc2C(=O)O)CC1.